The first-order valence-electron chi connectivity index (χ1n) is 6.36. The van der Waals surface area contributed by atoms with Crippen molar-refractivity contribution < 1.29 is 9.53 Å². The molecule has 19 heavy (non-hydrogen) atoms. The normalized spacial score (nSPS) is 11.9. The predicted molar refractivity (Wildman–Crippen MR) is 76.9 cm³/mol. The van der Waals surface area contributed by atoms with E-state index in [4.69, 9.17) is 4.74 Å². The molecule has 2 rings (SSSR count). The largest absolute Gasteiger partial charge is 0.497 e. The molecule has 98 valence electrons. The summed E-state index contributed by atoms with van der Waals surface area (Å²) in [5, 5.41) is 0. The highest BCUT2D eigenvalue weighted by Gasteiger charge is 2.17. The van der Waals surface area contributed by atoms with Crippen molar-refractivity contribution in [1.82, 2.24) is 0 Å². The zero-order valence-electron chi connectivity index (χ0n) is 11.5. The number of ether oxygens (including phenoxy) is 1. The molecule has 0 saturated carbocycles. The minimum Gasteiger partial charge on any atom is -0.497 e. The molecular weight excluding hydrogens is 236 g/mol. The van der Waals surface area contributed by atoms with Gasteiger partial charge in [0.05, 0.1) is 7.11 Å². The van der Waals surface area contributed by atoms with Crippen LogP contribution in [0.15, 0.2) is 48.5 Å². The van der Waals surface area contributed by atoms with Gasteiger partial charge in [0.15, 0.2) is 5.78 Å². The van der Waals surface area contributed by atoms with Crippen molar-refractivity contribution in [1.29, 1.82) is 0 Å². The van der Waals surface area contributed by atoms with E-state index in [1.807, 2.05) is 62.4 Å². The number of carbonyl (C=O) groups excluding carboxylic acids is 1. The Morgan fingerprint density at radius 1 is 1.11 bits per heavy atom. The summed E-state index contributed by atoms with van der Waals surface area (Å²) in [6.45, 7) is 3.94. The second-order valence-corrected chi connectivity index (χ2v) is 4.73. The van der Waals surface area contributed by atoms with Gasteiger partial charge in [0.2, 0.25) is 0 Å². The number of ketones is 1. The van der Waals surface area contributed by atoms with Gasteiger partial charge >= 0.3 is 0 Å². The van der Waals surface area contributed by atoms with Gasteiger partial charge in [0, 0.05) is 11.5 Å². The average molecular weight is 254 g/mol. The number of hydrogen-bond acceptors (Lipinski definition) is 2. The first-order chi connectivity index (χ1) is 9.11. The lowest BCUT2D eigenvalue weighted by Gasteiger charge is -2.12. The third-order valence-electron chi connectivity index (χ3n) is 3.32. The van der Waals surface area contributed by atoms with Gasteiger partial charge in [-0.1, -0.05) is 48.9 Å². The Bertz CT molecular complexity index is 570. The van der Waals surface area contributed by atoms with E-state index in [0.717, 1.165) is 22.4 Å². The molecule has 0 N–H and O–H groups in total. The Hall–Kier alpha value is -2.09. The molecule has 2 heteroatoms. The monoisotopic (exact) mass is 254 g/mol. The molecule has 2 aromatic rings. The van der Waals surface area contributed by atoms with Crippen molar-refractivity contribution >= 4 is 5.78 Å². The fourth-order valence-electron chi connectivity index (χ4n) is 2.03. The van der Waals surface area contributed by atoms with Crippen LogP contribution < -0.4 is 4.74 Å². The summed E-state index contributed by atoms with van der Waals surface area (Å²) in [4.78, 5) is 12.4. The molecule has 0 bridgehead atoms. The van der Waals surface area contributed by atoms with Crippen LogP contribution in [0.4, 0.5) is 0 Å². The fourth-order valence-corrected chi connectivity index (χ4v) is 2.03. The van der Waals surface area contributed by atoms with Gasteiger partial charge in [-0.2, -0.15) is 0 Å². The van der Waals surface area contributed by atoms with Gasteiger partial charge in [0.25, 0.3) is 0 Å². The highest BCUT2D eigenvalue weighted by Crippen LogP contribution is 2.24. The van der Waals surface area contributed by atoms with Crippen LogP contribution >= 0.6 is 0 Å². The van der Waals surface area contributed by atoms with E-state index in [2.05, 4.69) is 0 Å². The quantitative estimate of drug-likeness (QED) is 0.771. The maximum atomic E-state index is 12.4. The number of aryl methyl sites for hydroxylation is 1. The van der Waals surface area contributed by atoms with E-state index in [9.17, 15) is 4.79 Å². The van der Waals surface area contributed by atoms with E-state index in [1.165, 1.54) is 0 Å². The van der Waals surface area contributed by atoms with Crippen LogP contribution in [0.25, 0.3) is 0 Å². The third-order valence-corrected chi connectivity index (χ3v) is 3.32. The SMILES string of the molecule is COc1cccc(C(C)C(=O)c2ccc(C)cc2)c1. The Kier molecular flexibility index (Phi) is 4.00. The third kappa shape index (κ3) is 3.02. The second-order valence-electron chi connectivity index (χ2n) is 4.73. The van der Waals surface area contributed by atoms with Crippen LogP contribution in [0.5, 0.6) is 5.75 Å². The fraction of sp³-hybridized carbons (Fsp3) is 0.235. The molecule has 0 aliphatic rings. The van der Waals surface area contributed by atoms with Crippen LogP contribution in [0, 0.1) is 6.92 Å². The molecule has 0 spiro atoms. The van der Waals surface area contributed by atoms with E-state index in [0.29, 0.717) is 0 Å². The molecule has 0 heterocycles. The Labute approximate surface area is 114 Å². The van der Waals surface area contributed by atoms with E-state index in [1.54, 1.807) is 7.11 Å². The Morgan fingerprint density at radius 3 is 2.42 bits per heavy atom. The number of hydrogen-bond donors (Lipinski definition) is 0. The molecule has 0 amide bonds. The summed E-state index contributed by atoms with van der Waals surface area (Å²) in [6.07, 6.45) is 0. The van der Waals surface area contributed by atoms with Gasteiger partial charge < -0.3 is 4.74 Å². The molecular formula is C17H18O2. The topological polar surface area (TPSA) is 26.3 Å². The molecule has 0 aromatic heterocycles. The molecule has 0 saturated heterocycles. The highest BCUT2D eigenvalue weighted by molar-refractivity contribution is 6.00. The zero-order chi connectivity index (χ0) is 13.8. The highest BCUT2D eigenvalue weighted by atomic mass is 16.5. The maximum absolute atomic E-state index is 12.4. The number of Topliss-reactive ketones (excluding diaryl/α,β-unsaturated/α-hetero) is 1. The van der Waals surface area contributed by atoms with Gasteiger partial charge in [-0.3, -0.25) is 4.79 Å². The van der Waals surface area contributed by atoms with E-state index < -0.39 is 0 Å². The molecule has 0 radical (unpaired) electrons. The van der Waals surface area contributed by atoms with E-state index in [-0.39, 0.29) is 11.7 Å². The lowest BCUT2D eigenvalue weighted by atomic mass is 9.92. The van der Waals surface area contributed by atoms with Gasteiger partial charge in [-0.25, -0.2) is 0 Å². The zero-order valence-corrected chi connectivity index (χ0v) is 11.5. The first-order valence-corrected chi connectivity index (χ1v) is 6.36. The van der Waals surface area contributed by atoms with Crippen LogP contribution in [0.2, 0.25) is 0 Å². The predicted octanol–water partition coefficient (Wildman–Crippen LogP) is 3.99. The number of carbonyl (C=O) groups is 1. The summed E-state index contributed by atoms with van der Waals surface area (Å²) in [7, 11) is 1.63. The molecule has 1 unspecified atom stereocenters. The molecule has 0 aliphatic heterocycles. The van der Waals surface area contributed by atoms with Crippen LogP contribution in [0.3, 0.4) is 0 Å². The first kappa shape index (κ1) is 13.3. The Morgan fingerprint density at radius 2 is 1.79 bits per heavy atom. The lowest BCUT2D eigenvalue weighted by molar-refractivity contribution is 0.0966. The van der Waals surface area contributed by atoms with Crippen molar-refractivity contribution in [3.05, 3.63) is 65.2 Å². The number of rotatable bonds is 4. The van der Waals surface area contributed by atoms with Crippen LogP contribution in [-0.2, 0) is 0 Å². The molecule has 1 atom stereocenters. The van der Waals surface area contributed by atoms with Crippen molar-refractivity contribution in [2.75, 3.05) is 7.11 Å². The molecule has 2 aromatic carbocycles. The van der Waals surface area contributed by atoms with Crippen molar-refractivity contribution in [3.63, 3.8) is 0 Å². The van der Waals surface area contributed by atoms with Gasteiger partial charge in [-0.05, 0) is 24.6 Å². The molecule has 2 nitrogen and oxygen atoms in total. The van der Waals surface area contributed by atoms with Gasteiger partial charge in [0.1, 0.15) is 5.75 Å². The summed E-state index contributed by atoms with van der Waals surface area (Å²) < 4.78 is 5.19. The summed E-state index contributed by atoms with van der Waals surface area (Å²) in [6, 6.07) is 15.4. The van der Waals surface area contributed by atoms with Crippen molar-refractivity contribution in [2.45, 2.75) is 19.8 Å². The minimum atomic E-state index is -0.169. The average Bonchev–Trinajstić information content (AvgIpc) is 2.46. The van der Waals surface area contributed by atoms with Crippen molar-refractivity contribution in [2.24, 2.45) is 0 Å². The Balaban J connectivity index is 2.25. The van der Waals surface area contributed by atoms with Crippen LogP contribution in [-0.4, -0.2) is 12.9 Å². The van der Waals surface area contributed by atoms with Crippen LogP contribution in [0.1, 0.15) is 34.3 Å². The van der Waals surface area contributed by atoms with E-state index >= 15 is 0 Å². The summed E-state index contributed by atoms with van der Waals surface area (Å²) >= 11 is 0. The molecule has 0 fully saturated rings. The minimum absolute atomic E-state index is 0.133. The molecule has 0 aliphatic carbocycles. The smallest absolute Gasteiger partial charge is 0.170 e. The number of benzene rings is 2. The maximum Gasteiger partial charge on any atom is 0.170 e. The van der Waals surface area contributed by atoms with Gasteiger partial charge in [-0.15, -0.1) is 0 Å². The summed E-state index contributed by atoms with van der Waals surface area (Å²) in [5.41, 5.74) is 2.89. The van der Waals surface area contributed by atoms with Crippen molar-refractivity contribution in [3.8, 4) is 5.75 Å². The number of methoxy groups -OCH3 is 1. The standard InChI is InChI=1S/C17H18O2/c1-12-7-9-14(10-8-12)17(18)13(2)15-5-4-6-16(11-15)19-3/h4-11,13H,1-3H3. The summed E-state index contributed by atoms with van der Waals surface area (Å²) in [5.74, 6) is 0.743. The lowest BCUT2D eigenvalue weighted by Crippen LogP contribution is -2.09. The second kappa shape index (κ2) is 5.70.